The summed E-state index contributed by atoms with van der Waals surface area (Å²) in [5, 5.41) is 24.0. The van der Waals surface area contributed by atoms with Crippen LogP contribution in [-0.4, -0.2) is 47.2 Å². The molecule has 0 saturated heterocycles. The molecule has 0 rings (SSSR count). The Morgan fingerprint density at radius 2 is 1.15 bits per heavy atom. The zero-order valence-corrected chi connectivity index (χ0v) is 13.0. The number of aliphatic hydroxyl groups excluding tert-OH is 3. The molecule has 0 unspecified atom stereocenters. The fourth-order valence-electron chi connectivity index (χ4n) is 1.01. The highest BCUT2D eigenvalue weighted by Gasteiger charge is 1.93. The highest BCUT2D eigenvalue weighted by molar-refractivity contribution is 5.49. The first kappa shape index (κ1) is 24.3. The van der Waals surface area contributed by atoms with Crippen LogP contribution in [0.15, 0.2) is 0 Å². The summed E-state index contributed by atoms with van der Waals surface area (Å²) in [4.78, 5) is 19.4. The molecule has 0 atom stereocenters. The van der Waals surface area contributed by atoms with Crippen molar-refractivity contribution >= 4 is 12.6 Å². The Kier molecular flexibility index (Phi) is 32.4. The third-order valence-electron chi connectivity index (χ3n) is 2.27. The lowest BCUT2D eigenvalue weighted by molar-refractivity contribution is -0.108. The topological polar surface area (TPSA) is 94.8 Å². The summed E-state index contributed by atoms with van der Waals surface area (Å²) in [6, 6.07) is 0. The molecule has 0 saturated carbocycles. The second kappa shape index (κ2) is 26.7. The van der Waals surface area contributed by atoms with E-state index >= 15 is 0 Å². The molecule has 0 bridgehead atoms. The van der Waals surface area contributed by atoms with Gasteiger partial charge < -0.3 is 24.9 Å². The van der Waals surface area contributed by atoms with Gasteiger partial charge >= 0.3 is 0 Å². The SMILES string of the molecule is CCCCCC=O.CCCCCC=O.OCC(O)CO. The molecule has 3 N–H and O–H groups in total. The average Bonchev–Trinajstić information content (AvgIpc) is 2.49. The molecule has 122 valence electrons. The first-order valence-electron chi connectivity index (χ1n) is 7.41. The molecule has 0 aromatic rings. The molecular formula is C15H32O5. The monoisotopic (exact) mass is 292 g/mol. The van der Waals surface area contributed by atoms with E-state index in [1.165, 1.54) is 25.7 Å². The van der Waals surface area contributed by atoms with Crippen LogP contribution >= 0.6 is 0 Å². The number of unbranched alkanes of at least 4 members (excludes halogenated alkanes) is 6. The molecule has 0 amide bonds. The van der Waals surface area contributed by atoms with Crippen molar-refractivity contribution in [3.63, 3.8) is 0 Å². The van der Waals surface area contributed by atoms with Gasteiger partial charge in [-0.25, -0.2) is 0 Å². The molecule has 0 aromatic carbocycles. The third kappa shape index (κ3) is 36.0. The van der Waals surface area contributed by atoms with Gasteiger partial charge in [-0.1, -0.05) is 39.5 Å². The summed E-state index contributed by atoms with van der Waals surface area (Å²) in [5.74, 6) is 0. The van der Waals surface area contributed by atoms with Crippen LogP contribution in [0, 0.1) is 0 Å². The smallest absolute Gasteiger partial charge is 0.119 e. The van der Waals surface area contributed by atoms with Gasteiger partial charge in [0.05, 0.1) is 13.2 Å². The lowest BCUT2D eigenvalue weighted by Gasteiger charge is -1.96. The average molecular weight is 292 g/mol. The van der Waals surface area contributed by atoms with E-state index in [4.69, 9.17) is 15.3 Å². The Bertz CT molecular complexity index is 156. The Balaban J connectivity index is -0.000000218. The van der Waals surface area contributed by atoms with E-state index in [1.54, 1.807) is 0 Å². The van der Waals surface area contributed by atoms with E-state index < -0.39 is 6.10 Å². The van der Waals surface area contributed by atoms with Crippen molar-refractivity contribution < 1.29 is 24.9 Å². The summed E-state index contributed by atoms with van der Waals surface area (Å²) in [7, 11) is 0. The standard InChI is InChI=1S/2C6H12O.C3H8O3/c2*1-2-3-4-5-6-7;4-1-3(6)2-5/h2*6H,2-5H2,1H3;3-6H,1-2H2. The minimum absolute atomic E-state index is 0.365. The molecule has 0 aromatic heterocycles. The van der Waals surface area contributed by atoms with Gasteiger partial charge in [-0.15, -0.1) is 0 Å². The van der Waals surface area contributed by atoms with E-state index in [-0.39, 0.29) is 13.2 Å². The Morgan fingerprint density at radius 1 is 0.800 bits per heavy atom. The van der Waals surface area contributed by atoms with E-state index in [0.29, 0.717) is 0 Å². The molecule has 0 heterocycles. The number of hydrogen-bond acceptors (Lipinski definition) is 5. The van der Waals surface area contributed by atoms with Crippen LogP contribution in [0.3, 0.4) is 0 Å². The molecule has 20 heavy (non-hydrogen) atoms. The first-order valence-corrected chi connectivity index (χ1v) is 7.41. The van der Waals surface area contributed by atoms with Crippen LogP contribution in [0.25, 0.3) is 0 Å². The second-order valence-electron chi connectivity index (χ2n) is 4.34. The van der Waals surface area contributed by atoms with Gasteiger partial charge in [0.15, 0.2) is 0 Å². The minimum Gasteiger partial charge on any atom is -0.394 e. The van der Waals surface area contributed by atoms with Gasteiger partial charge in [0.1, 0.15) is 18.7 Å². The quantitative estimate of drug-likeness (QED) is 0.422. The van der Waals surface area contributed by atoms with Crippen molar-refractivity contribution in [1.82, 2.24) is 0 Å². The second-order valence-corrected chi connectivity index (χ2v) is 4.34. The summed E-state index contributed by atoms with van der Waals surface area (Å²) >= 11 is 0. The van der Waals surface area contributed by atoms with Crippen molar-refractivity contribution in [2.45, 2.75) is 71.3 Å². The van der Waals surface area contributed by atoms with Gasteiger partial charge in [0.25, 0.3) is 0 Å². The molecule has 0 fully saturated rings. The van der Waals surface area contributed by atoms with Crippen LogP contribution in [0.4, 0.5) is 0 Å². The minimum atomic E-state index is -0.954. The van der Waals surface area contributed by atoms with Crippen molar-refractivity contribution in [1.29, 1.82) is 0 Å². The highest BCUT2D eigenvalue weighted by Crippen LogP contribution is 1.95. The number of carbonyl (C=O) groups is 2. The number of carbonyl (C=O) groups excluding carboxylic acids is 2. The van der Waals surface area contributed by atoms with Crippen LogP contribution < -0.4 is 0 Å². The van der Waals surface area contributed by atoms with E-state index in [9.17, 15) is 9.59 Å². The maximum atomic E-state index is 9.68. The van der Waals surface area contributed by atoms with Crippen LogP contribution in [0.5, 0.6) is 0 Å². The molecule has 0 radical (unpaired) electrons. The molecule has 0 spiro atoms. The predicted molar refractivity (Wildman–Crippen MR) is 80.6 cm³/mol. The molecule has 0 aliphatic carbocycles. The van der Waals surface area contributed by atoms with Crippen LogP contribution in [0.1, 0.15) is 65.2 Å². The normalized spacial score (nSPS) is 9.10. The number of rotatable bonds is 10. The maximum Gasteiger partial charge on any atom is 0.119 e. The Labute approximate surface area is 123 Å². The van der Waals surface area contributed by atoms with Crippen LogP contribution in [0.2, 0.25) is 0 Å². The van der Waals surface area contributed by atoms with Crippen LogP contribution in [-0.2, 0) is 9.59 Å². The van der Waals surface area contributed by atoms with E-state index in [2.05, 4.69) is 13.8 Å². The summed E-state index contributed by atoms with van der Waals surface area (Å²) < 4.78 is 0. The lowest BCUT2D eigenvalue weighted by atomic mass is 10.2. The van der Waals surface area contributed by atoms with Gasteiger partial charge in [-0.2, -0.15) is 0 Å². The van der Waals surface area contributed by atoms with Gasteiger partial charge in [-0.05, 0) is 12.8 Å². The van der Waals surface area contributed by atoms with Gasteiger partial charge in [0.2, 0.25) is 0 Å². The van der Waals surface area contributed by atoms with Gasteiger partial charge in [-0.3, -0.25) is 0 Å². The van der Waals surface area contributed by atoms with E-state index in [1.807, 2.05) is 0 Å². The number of hydrogen-bond donors (Lipinski definition) is 3. The molecule has 0 aliphatic rings. The molecule has 5 heteroatoms. The largest absolute Gasteiger partial charge is 0.394 e. The lowest BCUT2D eigenvalue weighted by Crippen LogP contribution is -2.15. The molecule has 0 aliphatic heterocycles. The fraction of sp³-hybridized carbons (Fsp3) is 0.867. The predicted octanol–water partition coefficient (Wildman–Crippen LogP) is 1.86. The van der Waals surface area contributed by atoms with Gasteiger partial charge in [0, 0.05) is 12.8 Å². The van der Waals surface area contributed by atoms with E-state index in [0.717, 1.165) is 38.3 Å². The van der Waals surface area contributed by atoms with Crippen molar-refractivity contribution in [2.24, 2.45) is 0 Å². The van der Waals surface area contributed by atoms with Crippen molar-refractivity contribution in [3.8, 4) is 0 Å². The fourth-order valence-corrected chi connectivity index (χ4v) is 1.01. The third-order valence-corrected chi connectivity index (χ3v) is 2.27. The number of aldehydes is 2. The summed E-state index contributed by atoms with van der Waals surface area (Å²) in [5.41, 5.74) is 0. The van der Waals surface area contributed by atoms with Crippen molar-refractivity contribution in [3.05, 3.63) is 0 Å². The summed E-state index contributed by atoms with van der Waals surface area (Å²) in [6.45, 7) is 3.53. The zero-order valence-electron chi connectivity index (χ0n) is 13.0. The zero-order chi connectivity index (χ0) is 16.1. The summed E-state index contributed by atoms with van der Waals surface area (Å²) in [6.07, 6.45) is 9.43. The molecular weight excluding hydrogens is 260 g/mol. The Hall–Kier alpha value is -0.780. The molecule has 5 nitrogen and oxygen atoms in total. The van der Waals surface area contributed by atoms with Crippen molar-refractivity contribution in [2.75, 3.05) is 13.2 Å². The maximum absolute atomic E-state index is 9.68. The first-order chi connectivity index (χ1) is 9.64. The Morgan fingerprint density at radius 3 is 1.30 bits per heavy atom. The highest BCUT2D eigenvalue weighted by atomic mass is 16.3. The number of aliphatic hydroxyl groups is 3.